The number of hydrogen-bond acceptors (Lipinski definition) is 1. The van der Waals surface area contributed by atoms with E-state index in [0.29, 0.717) is 0 Å². The molecule has 0 amide bonds. The van der Waals surface area contributed by atoms with Crippen molar-refractivity contribution in [1.82, 2.24) is 0 Å². The van der Waals surface area contributed by atoms with E-state index in [1.165, 1.54) is 125 Å². The summed E-state index contributed by atoms with van der Waals surface area (Å²) < 4.78 is 5.46. The lowest BCUT2D eigenvalue weighted by molar-refractivity contribution is 0.135. The fourth-order valence-corrected chi connectivity index (χ4v) is 7.71. The van der Waals surface area contributed by atoms with Crippen LogP contribution in [0.2, 0.25) is 0 Å². The zero-order valence-corrected chi connectivity index (χ0v) is 27.3. The van der Waals surface area contributed by atoms with Gasteiger partial charge in [0.2, 0.25) is 0 Å². The Labute approximate surface area is 259 Å². The van der Waals surface area contributed by atoms with Crippen molar-refractivity contribution < 1.29 is 4.74 Å². The molecule has 0 saturated heterocycles. The molecule has 0 aliphatic heterocycles. The third kappa shape index (κ3) is 10.6. The second kappa shape index (κ2) is 17.9. The van der Waals surface area contributed by atoms with Crippen LogP contribution < -0.4 is 0 Å². The summed E-state index contributed by atoms with van der Waals surface area (Å²) in [6.07, 6.45) is 26.4. The van der Waals surface area contributed by atoms with Gasteiger partial charge in [-0.25, -0.2) is 0 Å². The molecule has 2 saturated carbocycles. The number of benzene rings is 2. The van der Waals surface area contributed by atoms with Crippen LogP contribution in [-0.4, -0.2) is 13.7 Å². The van der Waals surface area contributed by atoms with Crippen LogP contribution >= 0.6 is 0 Å². The largest absolute Gasteiger partial charge is 0.385 e. The molecule has 2 fully saturated rings. The second-order valence-electron chi connectivity index (χ2n) is 13.8. The lowest BCUT2D eigenvalue weighted by Gasteiger charge is -2.33. The zero-order valence-electron chi connectivity index (χ0n) is 27.3. The van der Waals surface area contributed by atoms with E-state index in [0.717, 1.165) is 36.2 Å². The van der Waals surface area contributed by atoms with Gasteiger partial charge in [-0.05, 0) is 149 Å². The van der Waals surface area contributed by atoms with E-state index in [9.17, 15) is 0 Å². The Bertz CT molecular complexity index is 1050. The first-order valence-corrected chi connectivity index (χ1v) is 17.6. The maximum Gasteiger partial charge on any atom is 0.0465 e. The van der Waals surface area contributed by atoms with Crippen LogP contribution in [0.5, 0.6) is 0 Å². The number of rotatable bonds is 16. The van der Waals surface area contributed by atoms with Crippen molar-refractivity contribution in [3.05, 3.63) is 84.0 Å². The maximum atomic E-state index is 5.46. The van der Waals surface area contributed by atoms with Crippen molar-refractivity contribution in [1.29, 1.82) is 0 Å². The third-order valence-electron chi connectivity index (χ3n) is 10.5. The van der Waals surface area contributed by atoms with Gasteiger partial charge in [0, 0.05) is 13.7 Å². The Kier molecular flexibility index (Phi) is 13.9. The molecule has 0 bridgehead atoms. The van der Waals surface area contributed by atoms with Gasteiger partial charge in [0.25, 0.3) is 0 Å². The molecule has 0 heterocycles. The molecule has 2 aromatic rings. The fourth-order valence-electron chi connectivity index (χ4n) is 7.71. The molecule has 0 aromatic heterocycles. The monoisotopic (exact) mass is 568 g/mol. The van der Waals surface area contributed by atoms with Crippen molar-refractivity contribution in [3.8, 4) is 11.1 Å². The lowest BCUT2D eigenvalue weighted by Crippen LogP contribution is -2.22. The van der Waals surface area contributed by atoms with E-state index >= 15 is 0 Å². The highest BCUT2D eigenvalue weighted by molar-refractivity contribution is 5.64. The van der Waals surface area contributed by atoms with E-state index in [2.05, 4.69) is 81.1 Å². The molecule has 2 aliphatic carbocycles. The minimum Gasteiger partial charge on any atom is -0.385 e. The zero-order chi connectivity index (χ0) is 29.6. The van der Waals surface area contributed by atoms with Crippen LogP contribution in [0, 0.1) is 23.7 Å². The van der Waals surface area contributed by atoms with Gasteiger partial charge in [-0.15, -0.1) is 6.58 Å². The molecule has 1 unspecified atom stereocenters. The van der Waals surface area contributed by atoms with Crippen LogP contribution in [0.15, 0.2) is 72.8 Å². The number of hydrogen-bond donors (Lipinski definition) is 0. The van der Waals surface area contributed by atoms with Crippen LogP contribution in [0.1, 0.15) is 127 Å². The first-order chi connectivity index (χ1) is 20.6. The smallest absolute Gasteiger partial charge is 0.0465 e. The summed E-state index contributed by atoms with van der Waals surface area (Å²) in [6.45, 7) is 9.46. The van der Waals surface area contributed by atoms with Crippen molar-refractivity contribution in [2.24, 2.45) is 23.7 Å². The molecule has 2 aromatic carbocycles. The molecule has 4 rings (SSSR count). The molecule has 1 atom stereocenters. The van der Waals surface area contributed by atoms with Gasteiger partial charge in [-0.1, -0.05) is 86.0 Å². The first kappa shape index (κ1) is 32.8. The summed E-state index contributed by atoms with van der Waals surface area (Å²) in [4.78, 5) is 0. The van der Waals surface area contributed by atoms with Crippen molar-refractivity contribution in [2.45, 2.75) is 122 Å². The Morgan fingerprint density at radius 3 is 1.95 bits per heavy atom. The van der Waals surface area contributed by atoms with Gasteiger partial charge in [-0.3, -0.25) is 0 Å². The van der Waals surface area contributed by atoms with Crippen molar-refractivity contribution >= 4 is 0 Å². The second-order valence-corrected chi connectivity index (χ2v) is 13.8. The summed E-state index contributed by atoms with van der Waals surface area (Å²) in [5, 5.41) is 0. The van der Waals surface area contributed by atoms with E-state index in [4.69, 9.17) is 4.74 Å². The van der Waals surface area contributed by atoms with Crippen molar-refractivity contribution in [3.63, 3.8) is 0 Å². The van der Waals surface area contributed by atoms with E-state index in [-0.39, 0.29) is 0 Å². The van der Waals surface area contributed by atoms with Crippen LogP contribution in [0.3, 0.4) is 0 Å². The lowest BCUT2D eigenvalue weighted by atomic mass is 9.72. The third-order valence-corrected chi connectivity index (χ3v) is 10.5. The Balaban J connectivity index is 1.18. The highest BCUT2D eigenvalue weighted by Gasteiger charge is 2.27. The normalized spacial score (nSPS) is 23.7. The average molecular weight is 569 g/mol. The summed E-state index contributed by atoms with van der Waals surface area (Å²) in [5.41, 5.74) is 7.04. The number of ether oxygens (including phenoxy) is 1. The Hall–Kier alpha value is -2.12. The molecule has 0 spiro atoms. The summed E-state index contributed by atoms with van der Waals surface area (Å²) in [7, 11) is 1.85. The fraction of sp³-hybridized carbons (Fsp3) is 0.610. The summed E-state index contributed by atoms with van der Waals surface area (Å²) in [6, 6.07) is 18.8. The molecule has 1 nitrogen and oxygen atoms in total. The molecule has 2 aliphatic rings. The summed E-state index contributed by atoms with van der Waals surface area (Å²) >= 11 is 0. The number of aryl methyl sites for hydroxylation is 1. The highest BCUT2D eigenvalue weighted by atomic mass is 16.5. The predicted molar refractivity (Wildman–Crippen MR) is 183 cm³/mol. The Morgan fingerprint density at radius 2 is 1.38 bits per heavy atom. The standard InChI is InChI=1S/C41H60O/c1-5-6-7-10-33-14-20-38(21-15-33)40-26-28-41(29-27-40)39-24-18-35(19-25-39)13-12-34-16-22-37(23-17-34)36(30-31-42-4)11-8-9-32(2)3/h12-15,20-21,26-29,34-37,39H,2,5-11,16-19,22-25,30-31H2,1,3-4H3/b13-12+. The molecular weight excluding hydrogens is 508 g/mol. The van der Waals surface area contributed by atoms with E-state index in [1.807, 2.05) is 7.11 Å². The molecule has 230 valence electrons. The number of allylic oxidation sites excluding steroid dienone is 3. The predicted octanol–water partition coefficient (Wildman–Crippen LogP) is 12.1. The molecule has 0 N–H and O–H groups in total. The Morgan fingerprint density at radius 1 is 0.786 bits per heavy atom. The number of unbranched alkanes of at least 4 members (excludes halogenated alkanes) is 2. The SMILES string of the molecule is C=C(C)CCCC(CCOC)C1CCC(/C=C/C2CCC(c3ccc(-c4ccc(CCCCC)cc4)cc3)CC2)CC1. The first-order valence-electron chi connectivity index (χ1n) is 17.6. The van der Waals surface area contributed by atoms with Gasteiger partial charge < -0.3 is 4.74 Å². The minimum absolute atomic E-state index is 0.731. The van der Waals surface area contributed by atoms with Crippen LogP contribution in [-0.2, 0) is 11.2 Å². The van der Waals surface area contributed by atoms with Crippen LogP contribution in [0.25, 0.3) is 11.1 Å². The highest BCUT2D eigenvalue weighted by Crippen LogP contribution is 2.40. The van der Waals surface area contributed by atoms with Gasteiger partial charge in [0.15, 0.2) is 0 Å². The van der Waals surface area contributed by atoms with E-state index < -0.39 is 0 Å². The van der Waals surface area contributed by atoms with E-state index in [1.54, 1.807) is 5.56 Å². The number of methoxy groups -OCH3 is 1. The molecular formula is C41H60O. The maximum absolute atomic E-state index is 5.46. The average Bonchev–Trinajstić information content (AvgIpc) is 3.03. The van der Waals surface area contributed by atoms with Crippen molar-refractivity contribution in [2.75, 3.05) is 13.7 Å². The van der Waals surface area contributed by atoms with Gasteiger partial charge in [0.05, 0.1) is 0 Å². The minimum atomic E-state index is 0.731. The molecule has 0 radical (unpaired) electrons. The molecule has 42 heavy (non-hydrogen) atoms. The van der Waals surface area contributed by atoms with Gasteiger partial charge in [0.1, 0.15) is 0 Å². The van der Waals surface area contributed by atoms with Crippen LogP contribution in [0.4, 0.5) is 0 Å². The quantitative estimate of drug-likeness (QED) is 0.144. The topological polar surface area (TPSA) is 9.23 Å². The van der Waals surface area contributed by atoms with Gasteiger partial charge in [-0.2, -0.15) is 0 Å². The van der Waals surface area contributed by atoms with Gasteiger partial charge >= 0.3 is 0 Å². The molecule has 1 heteroatoms. The summed E-state index contributed by atoms with van der Waals surface area (Å²) in [5.74, 6) is 4.04.